The molecule has 1 aliphatic heterocycles. The maximum atomic E-state index is 13.2. The first kappa shape index (κ1) is 24.8. The average molecular weight is 525 g/mol. The first-order chi connectivity index (χ1) is 17.9. The van der Waals surface area contributed by atoms with E-state index < -0.39 is 0 Å². The third kappa shape index (κ3) is 6.11. The maximum Gasteiger partial charge on any atom is 0.226 e. The van der Waals surface area contributed by atoms with E-state index in [1.807, 2.05) is 0 Å². The lowest BCUT2D eigenvalue weighted by Gasteiger charge is -2.35. The van der Waals surface area contributed by atoms with Crippen molar-refractivity contribution in [3.8, 4) is 5.75 Å². The summed E-state index contributed by atoms with van der Waals surface area (Å²) < 4.78 is 31.7. The summed E-state index contributed by atoms with van der Waals surface area (Å²) in [5.74, 6) is 0.823. The number of piperazine rings is 1. The predicted octanol–water partition coefficient (Wildman–Crippen LogP) is 3.85. The topological polar surface area (TPSA) is 97.5 Å². The van der Waals surface area contributed by atoms with Gasteiger partial charge in [-0.25, -0.2) is 18.7 Å². The van der Waals surface area contributed by atoms with Gasteiger partial charge in [0, 0.05) is 32.6 Å². The number of halogens is 2. The van der Waals surface area contributed by atoms with E-state index in [0.717, 1.165) is 21.8 Å². The highest BCUT2D eigenvalue weighted by Crippen LogP contribution is 2.30. The number of nitrogens with zero attached hydrogens (tertiary/aromatic N) is 5. The number of aromatic nitrogens is 3. The lowest BCUT2D eigenvalue weighted by atomic mass is 10.1. The summed E-state index contributed by atoms with van der Waals surface area (Å²) in [4.78, 5) is 30.9. The van der Waals surface area contributed by atoms with Crippen molar-refractivity contribution in [1.82, 2.24) is 19.9 Å². The van der Waals surface area contributed by atoms with E-state index in [9.17, 15) is 13.6 Å². The van der Waals surface area contributed by atoms with Gasteiger partial charge < -0.3 is 20.3 Å². The van der Waals surface area contributed by atoms with E-state index in [-0.39, 0.29) is 36.5 Å². The van der Waals surface area contributed by atoms with Crippen LogP contribution in [0.1, 0.15) is 17.0 Å². The van der Waals surface area contributed by atoms with E-state index in [1.54, 1.807) is 29.2 Å². The van der Waals surface area contributed by atoms with Gasteiger partial charge in [0.15, 0.2) is 10.6 Å². The van der Waals surface area contributed by atoms with Crippen LogP contribution in [0.2, 0.25) is 0 Å². The Bertz CT molecular complexity index is 1370. The molecule has 0 bridgehead atoms. The molecule has 192 valence electrons. The van der Waals surface area contributed by atoms with E-state index in [1.165, 1.54) is 35.6 Å². The molecule has 37 heavy (non-hydrogen) atoms. The Morgan fingerprint density at radius 1 is 0.919 bits per heavy atom. The minimum atomic E-state index is -0.331. The quantitative estimate of drug-likeness (QED) is 0.374. The Balaban J connectivity index is 1.18. The lowest BCUT2D eigenvalue weighted by Crippen LogP contribution is -2.49. The van der Waals surface area contributed by atoms with Crippen molar-refractivity contribution in [2.24, 2.45) is 0 Å². The number of amides is 1. The van der Waals surface area contributed by atoms with Crippen molar-refractivity contribution in [3.05, 3.63) is 70.7 Å². The highest BCUT2D eigenvalue weighted by Gasteiger charge is 2.25. The summed E-state index contributed by atoms with van der Waals surface area (Å²) in [6, 6.07) is 12.2. The van der Waals surface area contributed by atoms with Crippen molar-refractivity contribution in [1.29, 1.82) is 0 Å². The van der Waals surface area contributed by atoms with E-state index in [0.29, 0.717) is 49.7 Å². The van der Waals surface area contributed by atoms with Gasteiger partial charge in [0.1, 0.15) is 22.9 Å². The zero-order valence-electron chi connectivity index (χ0n) is 20.1. The van der Waals surface area contributed by atoms with E-state index in [2.05, 4.69) is 14.9 Å². The lowest BCUT2D eigenvalue weighted by molar-refractivity contribution is -0.132. The number of carbonyl (C=O) groups is 1. The van der Waals surface area contributed by atoms with Crippen LogP contribution < -0.4 is 15.4 Å². The Kier molecular flexibility index (Phi) is 7.40. The van der Waals surface area contributed by atoms with Crippen LogP contribution in [0.25, 0.3) is 10.3 Å². The molecule has 0 saturated carbocycles. The average Bonchev–Trinajstić information content (AvgIpc) is 3.32. The molecule has 4 aromatic rings. The van der Waals surface area contributed by atoms with Gasteiger partial charge in [-0.05, 0) is 48.4 Å². The zero-order valence-corrected chi connectivity index (χ0v) is 20.9. The molecule has 11 heteroatoms. The van der Waals surface area contributed by atoms with Crippen LogP contribution >= 0.6 is 11.3 Å². The van der Waals surface area contributed by atoms with Crippen LogP contribution in [0.5, 0.6) is 5.75 Å². The number of fused-ring (bicyclic) bond motifs is 1. The molecule has 2 aromatic heterocycles. The summed E-state index contributed by atoms with van der Waals surface area (Å²) in [5.41, 5.74) is 7.75. The summed E-state index contributed by atoms with van der Waals surface area (Å²) >= 11 is 1.48. The van der Waals surface area contributed by atoms with Gasteiger partial charge in [0.2, 0.25) is 11.9 Å². The van der Waals surface area contributed by atoms with Crippen molar-refractivity contribution >= 4 is 39.4 Å². The number of hydrogen-bond acceptors (Lipinski definition) is 8. The molecule has 3 heterocycles. The maximum absolute atomic E-state index is 13.2. The van der Waals surface area contributed by atoms with Gasteiger partial charge in [-0.15, -0.1) is 0 Å². The molecule has 0 aliphatic carbocycles. The molecular formula is C26H26F2N6O2S. The van der Waals surface area contributed by atoms with Crippen LogP contribution in [0.4, 0.5) is 20.5 Å². The number of thiazole rings is 1. The number of rotatable bonds is 8. The van der Waals surface area contributed by atoms with Crippen LogP contribution in [-0.4, -0.2) is 58.5 Å². The highest BCUT2D eigenvalue weighted by atomic mass is 32.1. The van der Waals surface area contributed by atoms with Crippen LogP contribution in [0, 0.1) is 11.6 Å². The zero-order chi connectivity index (χ0) is 25.8. The Morgan fingerprint density at radius 3 is 2.30 bits per heavy atom. The first-order valence-corrected chi connectivity index (χ1v) is 12.8. The van der Waals surface area contributed by atoms with Crippen LogP contribution in [-0.2, 0) is 17.6 Å². The second-order valence-electron chi connectivity index (χ2n) is 8.71. The first-order valence-electron chi connectivity index (χ1n) is 12.0. The number of aryl methyl sites for hydroxylation is 2. The monoisotopic (exact) mass is 524 g/mol. The number of carbonyl (C=O) groups excluding carboxylic acids is 1. The van der Waals surface area contributed by atoms with Crippen molar-refractivity contribution in [3.63, 3.8) is 0 Å². The van der Waals surface area contributed by atoms with E-state index in [4.69, 9.17) is 15.5 Å². The Morgan fingerprint density at radius 2 is 1.59 bits per heavy atom. The molecule has 1 saturated heterocycles. The van der Waals surface area contributed by atoms with Crippen molar-refractivity contribution in [2.45, 2.75) is 19.3 Å². The molecule has 0 unspecified atom stereocenters. The molecular weight excluding hydrogens is 498 g/mol. The Labute approximate surface area is 216 Å². The minimum absolute atomic E-state index is 0.00541. The van der Waals surface area contributed by atoms with E-state index >= 15 is 0 Å². The van der Waals surface area contributed by atoms with Crippen molar-refractivity contribution < 1.29 is 18.3 Å². The van der Waals surface area contributed by atoms with Gasteiger partial charge >= 0.3 is 0 Å². The highest BCUT2D eigenvalue weighted by molar-refractivity contribution is 7.18. The number of benzene rings is 2. The molecule has 5 rings (SSSR count). The summed E-state index contributed by atoms with van der Waals surface area (Å²) in [5, 5.41) is 0.912. The molecule has 0 radical (unpaired) electrons. The number of hydrogen-bond donors (Lipinski definition) is 1. The molecule has 2 N–H and O–H groups in total. The standard InChI is InChI=1S/C26H26F2N6O2S/c27-18-4-1-17(2-5-18)3-10-21-30-23-24(31-26(29)32-25(23)37-21)34-14-12-33(13-15-34)22(35)11-16-36-20-8-6-19(28)7-9-20/h1-2,4-9H,3,10-16H2,(H2,29,31,32). The Hall–Kier alpha value is -3.86. The van der Waals surface area contributed by atoms with Crippen LogP contribution in [0.15, 0.2) is 48.5 Å². The SMILES string of the molecule is Nc1nc(N2CCN(C(=O)CCOc3ccc(F)cc3)CC2)c2nc(CCc3ccc(F)cc3)sc2n1. The molecule has 8 nitrogen and oxygen atoms in total. The van der Waals surface area contributed by atoms with Crippen molar-refractivity contribution in [2.75, 3.05) is 43.4 Å². The fraction of sp³-hybridized carbons (Fsp3) is 0.308. The van der Waals surface area contributed by atoms with Gasteiger partial charge in [-0.1, -0.05) is 23.5 Å². The van der Waals surface area contributed by atoms with Gasteiger partial charge in [-0.2, -0.15) is 4.98 Å². The fourth-order valence-electron chi connectivity index (χ4n) is 4.21. The minimum Gasteiger partial charge on any atom is -0.493 e. The van der Waals surface area contributed by atoms with Gasteiger partial charge in [0.05, 0.1) is 18.0 Å². The fourth-order valence-corrected chi connectivity index (χ4v) is 5.15. The number of ether oxygens (including phenoxy) is 1. The molecule has 0 atom stereocenters. The summed E-state index contributed by atoms with van der Waals surface area (Å²) in [6.07, 6.45) is 1.68. The van der Waals surface area contributed by atoms with Gasteiger partial charge in [0.25, 0.3) is 0 Å². The number of anilines is 2. The predicted molar refractivity (Wildman–Crippen MR) is 139 cm³/mol. The number of nitrogen functional groups attached to an aromatic ring is 1. The second kappa shape index (κ2) is 11.0. The molecule has 1 amide bonds. The second-order valence-corrected chi connectivity index (χ2v) is 9.78. The van der Waals surface area contributed by atoms with Crippen LogP contribution in [0.3, 0.4) is 0 Å². The summed E-state index contributed by atoms with van der Waals surface area (Å²) in [7, 11) is 0. The summed E-state index contributed by atoms with van der Waals surface area (Å²) in [6.45, 7) is 2.51. The normalized spacial score (nSPS) is 13.8. The largest absolute Gasteiger partial charge is 0.493 e. The molecule has 2 aromatic carbocycles. The molecule has 1 fully saturated rings. The molecule has 0 spiro atoms. The van der Waals surface area contributed by atoms with Gasteiger partial charge in [-0.3, -0.25) is 4.79 Å². The molecule has 1 aliphatic rings. The number of nitrogens with two attached hydrogens (primary N) is 1. The smallest absolute Gasteiger partial charge is 0.226 e. The third-order valence-electron chi connectivity index (χ3n) is 6.17. The third-order valence-corrected chi connectivity index (χ3v) is 7.18.